The summed E-state index contributed by atoms with van der Waals surface area (Å²) in [5.41, 5.74) is 2.55. The number of hydrogen-bond acceptors (Lipinski definition) is 6. The fourth-order valence-corrected chi connectivity index (χ4v) is 3.84. The summed E-state index contributed by atoms with van der Waals surface area (Å²) >= 11 is 0. The van der Waals surface area contributed by atoms with E-state index in [-0.39, 0.29) is 23.4 Å². The number of aromatic nitrogens is 3. The molecule has 0 fully saturated rings. The number of sulfone groups is 1. The number of amides is 1. The number of nitrogens with one attached hydrogen (secondary N) is 2. The molecular weight excluding hydrogens is 414 g/mol. The summed E-state index contributed by atoms with van der Waals surface area (Å²) in [5.74, 6) is 0.0703. The smallest absolute Gasteiger partial charge is 0.255 e. The SMILES string of the molecule is CCn1ncc2c(N[C@@H](C)C(C)C)c(C(=O)NCc3cccc(S(C)(=O)=O)c3)cnc21. The molecule has 0 radical (unpaired) electrons. The van der Waals surface area contributed by atoms with Gasteiger partial charge in [-0.15, -0.1) is 0 Å². The van der Waals surface area contributed by atoms with E-state index in [4.69, 9.17) is 0 Å². The van der Waals surface area contributed by atoms with Gasteiger partial charge in [0.1, 0.15) is 0 Å². The van der Waals surface area contributed by atoms with Gasteiger partial charge in [0, 0.05) is 31.6 Å². The molecule has 0 aliphatic carbocycles. The molecule has 1 atom stereocenters. The molecule has 3 rings (SSSR count). The second-order valence-corrected chi connectivity index (χ2v) is 10.0. The van der Waals surface area contributed by atoms with E-state index in [2.05, 4.69) is 41.5 Å². The van der Waals surface area contributed by atoms with Crippen molar-refractivity contribution in [3.63, 3.8) is 0 Å². The first kappa shape index (κ1) is 22.7. The number of aryl methyl sites for hydroxylation is 1. The average Bonchev–Trinajstić information content (AvgIpc) is 3.15. The first-order valence-electron chi connectivity index (χ1n) is 10.3. The van der Waals surface area contributed by atoms with Crippen LogP contribution in [-0.4, -0.2) is 41.4 Å². The predicted octanol–water partition coefficient (Wildman–Crippen LogP) is 3.24. The molecule has 8 nitrogen and oxygen atoms in total. The van der Waals surface area contributed by atoms with Gasteiger partial charge >= 0.3 is 0 Å². The van der Waals surface area contributed by atoms with Gasteiger partial charge in [-0.3, -0.25) is 4.79 Å². The Morgan fingerprint density at radius 3 is 2.58 bits per heavy atom. The van der Waals surface area contributed by atoms with Gasteiger partial charge in [0.15, 0.2) is 15.5 Å². The number of carbonyl (C=O) groups is 1. The van der Waals surface area contributed by atoms with Crippen LogP contribution in [0.3, 0.4) is 0 Å². The zero-order chi connectivity index (χ0) is 22.8. The highest BCUT2D eigenvalue weighted by molar-refractivity contribution is 7.90. The standard InChI is InChI=1S/C22H29N5O3S/c1-6-27-21-18(13-25-27)20(26-15(4)14(2)3)19(12-23-21)22(28)24-11-16-8-7-9-17(10-16)31(5,29)30/h7-10,12-15H,6,11H2,1-5H3,(H,23,26)(H,24,28)/t15-/m0/s1. The van der Waals surface area contributed by atoms with E-state index in [0.29, 0.717) is 29.3 Å². The maximum Gasteiger partial charge on any atom is 0.255 e. The lowest BCUT2D eigenvalue weighted by molar-refractivity contribution is 0.0951. The number of fused-ring (bicyclic) bond motifs is 1. The van der Waals surface area contributed by atoms with Crippen molar-refractivity contribution in [2.75, 3.05) is 11.6 Å². The average molecular weight is 444 g/mol. The van der Waals surface area contributed by atoms with Crippen molar-refractivity contribution in [3.05, 3.63) is 47.8 Å². The number of anilines is 1. The number of pyridine rings is 1. The van der Waals surface area contributed by atoms with Crippen molar-refractivity contribution in [2.24, 2.45) is 5.92 Å². The molecule has 0 unspecified atom stereocenters. The van der Waals surface area contributed by atoms with Crippen molar-refractivity contribution < 1.29 is 13.2 Å². The second kappa shape index (κ2) is 9.05. The fraction of sp³-hybridized carbons (Fsp3) is 0.409. The summed E-state index contributed by atoms with van der Waals surface area (Å²) in [6.07, 6.45) is 4.46. The molecule has 2 N–H and O–H groups in total. The zero-order valence-electron chi connectivity index (χ0n) is 18.5. The summed E-state index contributed by atoms with van der Waals surface area (Å²) in [6, 6.07) is 6.69. The molecule has 0 aliphatic heterocycles. The Hall–Kier alpha value is -2.94. The van der Waals surface area contributed by atoms with E-state index in [1.54, 1.807) is 41.3 Å². The van der Waals surface area contributed by atoms with Crippen LogP contribution in [0.1, 0.15) is 43.6 Å². The van der Waals surface area contributed by atoms with E-state index in [1.807, 2.05) is 6.92 Å². The van der Waals surface area contributed by atoms with Crippen LogP contribution in [0.5, 0.6) is 0 Å². The fourth-order valence-electron chi connectivity index (χ4n) is 3.14. The monoisotopic (exact) mass is 443 g/mol. The molecule has 31 heavy (non-hydrogen) atoms. The van der Waals surface area contributed by atoms with Crippen molar-refractivity contribution in [3.8, 4) is 0 Å². The summed E-state index contributed by atoms with van der Waals surface area (Å²) in [4.78, 5) is 17.7. The lowest BCUT2D eigenvalue weighted by Gasteiger charge is -2.21. The predicted molar refractivity (Wildman–Crippen MR) is 122 cm³/mol. The van der Waals surface area contributed by atoms with E-state index < -0.39 is 9.84 Å². The summed E-state index contributed by atoms with van der Waals surface area (Å²) in [7, 11) is -3.31. The van der Waals surface area contributed by atoms with Crippen LogP contribution in [0.4, 0.5) is 5.69 Å². The number of rotatable bonds is 8. The van der Waals surface area contributed by atoms with Gasteiger partial charge < -0.3 is 10.6 Å². The van der Waals surface area contributed by atoms with Gasteiger partial charge in [0.25, 0.3) is 5.91 Å². The van der Waals surface area contributed by atoms with Crippen LogP contribution in [0.2, 0.25) is 0 Å². The molecule has 166 valence electrons. The Morgan fingerprint density at radius 1 is 1.19 bits per heavy atom. The molecule has 0 aliphatic rings. The molecule has 9 heteroatoms. The van der Waals surface area contributed by atoms with Gasteiger partial charge in [0.2, 0.25) is 0 Å². The maximum absolute atomic E-state index is 13.1. The number of nitrogens with zero attached hydrogens (tertiary/aromatic N) is 3. The molecular formula is C22H29N5O3S. The Morgan fingerprint density at radius 2 is 1.94 bits per heavy atom. The minimum Gasteiger partial charge on any atom is -0.381 e. The highest BCUT2D eigenvalue weighted by Crippen LogP contribution is 2.28. The first-order valence-corrected chi connectivity index (χ1v) is 12.2. The maximum atomic E-state index is 13.1. The van der Waals surface area contributed by atoms with E-state index in [0.717, 1.165) is 17.3 Å². The Kier molecular flexibility index (Phi) is 6.64. The third kappa shape index (κ3) is 5.04. The zero-order valence-corrected chi connectivity index (χ0v) is 19.3. The largest absolute Gasteiger partial charge is 0.381 e. The normalized spacial score (nSPS) is 12.8. The van der Waals surface area contributed by atoms with Gasteiger partial charge in [-0.25, -0.2) is 18.1 Å². The van der Waals surface area contributed by atoms with Crippen LogP contribution in [0.25, 0.3) is 11.0 Å². The topological polar surface area (TPSA) is 106 Å². The molecule has 0 saturated heterocycles. The molecule has 1 amide bonds. The molecule has 0 spiro atoms. The number of carbonyl (C=O) groups excluding carboxylic acids is 1. The lowest BCUT2D eigenvalue weighted by Crippen LogP contribution is -2.27. The molecule has 2 aromatic heterocycles. The van der Waals surface area contributed by atoms with Crippen molar-refractivity contribution >= 4 is 32.5 Å². The third-order valence-corrected chi connectivity index (χ3v) is 6.47. The summed E-state index contributed by atoms with van der Waals surface area (Å²) < 4.78 is 25.4. The first-order chi connectivity index (χ1) is 14.6. The highest BCUT2D eigenvalue weighted by atomic mass is 32.2. The Balaban J connectivity index is 1.91. The molecule has 2 heterocycles. The summed E-state index contributed by atoms with van der Waals surface area (Å²) in [5, 5.41) is 11.5. The van der Waals surface area contributed by atoms with Gasteiger partial charge in [0.05, 0.1) is 27.7 Å². The lowest BCUT2D eigenvalue weighted by atomic mass is 10.0. The van der Waals surface area contributed by atoms with E-state index in [1.165, 1.54) is 0 Å². The summed E-state index contributed by atoms with van der Waals surface area (Å²) in [6.45, 7) is 9.16. The third-order valence-electron chi connectivity index (χ3n) is 5.36. The van der Waals surface area contributed by atoms with Crippen LogP contribution in [0.15, 0.2) is 41.6 Å². The van der Waals surface area contributed by atoms with Crippen molar-refractivity contribution in [1.29, 1.82) is 0 Å². The minimum absolute atomic E-state index is 0.133. The molecule has 0 saturated carbocycles. The van der Waals surface area contributed by atoms with Gasteiger partial charge in [-0.2, -0.15) is 5.10 Å². The number of benzene rings is 1. The molecule has 0 bridgehead atoms. The van der Waals surface area contributed by atoms with Crippen LogP contribution < -0.4 is 10.6 Å². The van der Waals surface area contributed by atoms with Gasteiger partial charge in [-0.05, 0) is 37.5 Å². The molecule has 3 aromatic rings. The van der Waals surface area contributed by atoms with Crippen LogP contribution in [-0.2, 0) is 22.9 Å². The minimum atomic E-state index is -3.31. The second-order valence-electron chi connectivity index (χ2n) is 8.02. The Bertz CT molecular complexity index is 1200. The van der Waals surface area contributed by atoms with Crippen molar-refractivity contribution in [2.45, 2.75) is 51.7 Å². The van der Waals surface area contributed by atoms with Crippen LogP contribution >= 0.6 is 0 Å². The van der Waals surface area contributed by atoms with Crippen molar-refractivity contribution in [1.82, 2.24) is 20.1 Å². The number of hydrogen-bond donors (Lipinski definition) is 2. The van der Waals surface area contributed by atoms with Crippen LogP contribution in [0, 0.1) is 5.92 Å². The van der Waals surface area contributed by atoms with Gasteiger partial charge in [-0.1, -0.05) is 26.0 Å². The quantitative estimate of drug-likeness (QED) is 0.554. The van der Waals surface area contributed by atoms with E-state index >= 15 is 0 Å². The van der Waals surface area contributed by atoms with E-state index in [9.17, 15) is 13.2 Å². The Labute approximate surface area is 183 Å². The molecule has 1 aromatic carbocycles. The highest BCUT2D eigenvalue weighted by Gasteiger charge is 2.20.